The van der Waals surface area contributed by atoms with E-state index in [2.05, 4.69) is 38.1 Å². The number of fused-ring (bicyclic) bond motifs is 2. The minimum absolute atomic E-state index is 0.0462. The van der Waals surface area contributed by atoms with Crippen molar-refractivity contribution >= 4 is 28.1 Å². The maximum Gasteiger partial charge on any atom is 0.259 e. The number of carbonyl (C=O) groups excluding carboxylic acids is 1. The number of nitrogens with one attached hydrogen (secondary N) is 2. The molecule has 9 heteroatoms. The van der Waals surface area contributed by atoms with E-state index in [4.69, 9.17) is 5.11 Å². The molecule has 34 heavy (non-hydrogen) atoms. The number of amides is 1. The summed E-state index contributed by atoms with van der Waals surface area (Å²) in [5.74, 6) is -0.262. The molecule has 3 aromatic heterocycles. The van der Waals surface area contributed by atoms with E-state index in [-0.39, 0.29) is 12.5 Å². The third-order valence-electron chi connectivity index (χ3n) is 5.97. The van der Waals surface area contributed by atoms with Crippen LogP contribution in [0.15, 0.2) is 61.2 Å². The number of aromatic nitrogens is 5. The van der Waals surface area contributed by atoms with E-state index in [9.17, 15) is 4.79 Å². The molecule has 0 saturated carbocycles. The molecule has 0 aliphatic rings. The highest BCUT2D eigenvalue weighted by atomic mass is 16.3. The van der Waals surface area contributed by atoms with Gasteiger partial charge in [-0.1, -0.05) is 24.3 Å². The highest BCUT2D eigenvalue weighted by Crippen LogP contribution is 2.33. The minimum atomic E-state index is -0.262. The van der Waals surface area contributed by atoms with Gasteiger partial charge >= 0.3 is 0 Å². The van der Waals surface area contributed by atoms with Crippen LogP contribution in [0.5, 0.6) is 0 Å². The quantitative estimate of drug-likeness (QED) is 0.326. The molecule has 2 aromatic carbocycles. The van der Waals surface area contributed by atoms with Crippen molar-refractivity contribution in [1.29, 1.82) is 0 Å². The fourth-order valence-corrected chi connectivity index (χ4v) is 4.24. The van der Waals surface area contributed by atoms with Crippen molar-refractivity contribution in [2.75, 3.05) is 18.5 Å². The van der Waals surface area contributed by atoms with Crippen molar-refractivity contribution in [3.63, 3.8) is 0 Å². The fourth-order valence-electron chi connectivity index (χ4n) is 4.24. The zero-order valence-electron chi connectivity index (χ0n) is 19.0. The summed E-state index contributed by atoms with van der Waals surface area (Å²) in [6.07, 6.45) is 5.31. The number of rotatable bonds is 7. The molecule has 0 bridgehead atoms. The highest BCUT2D eigenvalue weighted by Gasteiger charge is 2.17. The first-order valence-electron chi connectivity index (χ1n) is 11.0. The number of benzene rings is 2. The SMILES string of the molecule is Cc1c(NC(=O)c2cc(CNCCO)cn3cnnc23)cccc1-c1cccc2c1cnn2C. The van der Waals surface area contributed by atoms with Gasteiger partial charge in [0.1, 0.15) is 6.33 Å². The highest BCUT2D eigenvalue weighted by molar-refractivity contribution is 6.09. The molecule has 172 valence electrons. The van der Waals surface area contributed by atoms with Crippen LogP contribution in [-0.2, 0) is 13.6 Å². The summed E-state index contributed by atoms with van der Waals surface area (Å²) in [5, 5.41) is 28.8. The Hall–Kier alpha value is -4.08. The lowest BCUT2D eigenvalue weighted by Crippen LogP contribution is -2.19. The van der Waals surface area contributed by atoms with Crippen LogP contribution in [0.4, 0.5) is 5.69 Å². The monoisotopic (exact) mass is 455 g/mol. The number of hydrogen-bond acceptors (Lipinski definition) is 6. The molecule has 5 rings (SSSR count). The van der Waals surface area contributed by atoms with Gasteiger partial charge in [-0.05, 0) is 47.4 Å². The molecule has 1 amide bonds. The molecule has 0 aliphatic carbocycles. The Morgan fingerprint density at radius 1 is 1.15 bits per heavy atom. The summed E-state index contributed by atoms with van der Waals surface area (Å²) in [5.41, 5.74) is 6.64. The minimum Gasteiger partial charge on any atom is -0.395 e. The molecule has 0 saturated heterocycles. The first-order valence-corrected chi connectivity index (χ1v) is 11.0. The summed E-state index contributed by atoms with van der Waals surface area (Å²) in [7, 11) is 1.92. The van der Waals surface area contributed by atoms with Gasteiger partial charge in [0.2, 0.25) is 0 Å². The largest absolute Gasteiger partial charge is 0.395 e. The number of anilines is 1. The fraction of sp³-hybridized carbons (Fsp3) is 0.200. The third-order valence-corrected chi connectivity index (χ3v) is 5.97. The topological polar surface area (TPSA) is 109 Å². The summed E-state index contributed by atoms with van der Waals surface area (Å²) in [4.78, 5) is 13.4. The maximum absolute atomic E-state index is 13.4. The van der Waals surface area contributed by atoms with Gasteiger partial charge in [-0.25, -0.2) is 0 Å². The molecule has 5 aromatic rings. The van der Waals surface area contributed by atoms with Crippen LogP contribution in [0.3, 0.4) is 0 Å². The third kappa shape index (κ3) is 3.91. The van der Waals surface area contributed by atoms with Crippen molar-refractivity contribution in [1.82, 2.24) is 29.7 Å². The van der Waals surface area contributed by atoms with Crippen molar-refractivity contribution in [2.24, 2.45) is 7.05 Å². The van der Waals surface area contributed by atoms with E-state index in [0.717, 1.165) is 38.8 Å². The zero-order valence-corrected chi connectivity index (χ0v) is 19.0. The Morgan fingerprint density at radius 3 is 2.82 bits per heavy atom. The van der Waals surface area contributed by atoms with Gasteiger partial charge in [-0.2, -0.15) is 5.10 Å². The molecule has 0 unspecified atom stereocenters. The van der Waals surface area contributed by atoms with Gasteiger partial charge in [0, 0.05) is 37.4 Å². The Bertz CT molecular complexity index is 1500. The average Bonchev–Trinajstić information content (AvgIpc) is 3.47. The number of hydrogen-bond donors (Lipinski definition) is 3. The van der Waals surface area contributed by atoms with Gasteiger partial charge in [-0.3, -0.25) is 13.9 Å². The molecule has 0 atom stereocenters. The van der Waals surface area contributed by atoms with Gasteiger partial charge in [0.15, 0.2) is 5.65 Å². The molecule has 0 spiro atoms. The Morgan fingerprint density at radius 2 is 1.97 bits per heavy atom. The van der Waals surface area contributed by atoms with E-state index in [1.807, 2.05) is 55.3 Å². The Balaban J connectivity index is 1.49. The van der Waals surface area contributed by atoms with Crippen molar-refractivity contribution in [3.8, 4) is 11.1 Å². The second-order valence-corrected chi connectivity index (χ2v) is 8.16. The van der Waals surface area contributed by atoms with Crippen molar-refractivity contribution in [3.05, 3.63) is 77.9 Å². The smallest absolute Gasteiger partial charge is 0.259 e. The molecule has 0 fully saturated rings. The predicted octanol–water partition coefficient (Wildman–Crippen LogP) is 2.93. The molecule has 0 radical (unpaired) electrons. The van der Waals surface area contributed by atoms with Crippen LogP contribution < -0.4 is 10.6 Å². The van der Waals surface area contributed by atoms with Gasteiger partial charge in [0.25, 0.3) is 5.91 Å². The molecule has 0 aliphatic heterocycles. The number of carbonyl (C=O) groups is 1. The first kappa shape index (κ1) is 21.7. The number of aliphatic hydroxyl groups is 1. The van der Waals surface area contributed by atoms with E-state index in [0.29, 0.717) is 24.3 Å². The lowest BCUT2D eigenvalue weighted by atomic mass is 9.96. The number of aryl methyl sites for hydroxylation is 1. The van der Waals surface area contributed by atoms with Crippen LogP contribution >= 0.6 is 0 Å². The summed E-state index contributed by atoms with van der Waals surface area (Å²) in [6, 6.07) is 13.8. The maximum atomic E-state index is 13.4. The molecule has 3 N–H and O–H groups in total. The lowest BCUT2D eigenvalue weighted by molar-refractivity contribution is 0.102. The Kier molecular flexibility index (Phi) is 5.79. The van der Waals surface area contributed by atoms with E-state index in [1.165, 1.54) is 0 Å². The average molecular weight is 456 g/mol. The van der Waals surface area contributed by atoms with E-state index < -0.39 is 0 Å². The van der Waals surface area contributed by atoms with E-state index in [1.54, 1.807) is 16.8 Å². The number of nitrogens with zero attached hydrogens (tertiary/aromatic N) is 5. The zero-order chi connectivity index (χ0) is 23.7. The van der Waals surface area contributed by atoms with Crippen LogP contribution in [-0.4, -0.2) is 48.5 Å². The molecule has 3 heterocycles. The molecular formula is C25H25N7O2. The molecule has 9 nitrogen and oxygen atoms in total. The first-order chi connectivity index (χ1) is 16.6. The van der Waals surface area contributed by atoms with Gasteiger partial charge < -0.3 is 15.7 Å². The standard InChI is InChI=1S/C25H25N7O2/c1-16-18(19-6-4-8-23-21(19)13-28-31(23)2)5-3-7-22(16)29-25(34)20-11-17(12-26-9-10-33)14-32-15-27-30-24(20)32/h3-8,11,13-15,26,33H,9-10,12H2,1-2H3,(H,29,34). The summed E-state index contributed by atoms with van der Waals surface area (Å²) >= 11 is 0. The van der Waals surface area contributed by atoms with Crippen molar-refractivity contribution < 1.29 is 9.90 Å². The van der Waals surface area contributed by atoms with E-state index >= 15 is 0 Å². The second kappa shape index (κ2) is 9.05. The summed E-state index contributed by atoms with van der Waals surface area (Å²) < 4.78 is 3.59. The van der Waals surface area contributed by atoms with Crippen LogP contribution in [0, 0.1) is 6.92 Å². The predicted molar refractivity (Wildman–Crippen MR) is 131 cm³/mol. The second-order valence-electron chi connectivity index (χ2n) is 8.16. The summed E-state index contributed by atoms with van der Waals surface area (Å²) in [6.45, 7) is 3.03. The van der Waals surface area contributed by atoms with Gasteiger partial charge in [0.05, 0.1) is 23.9 Å². The lowest BCUT2D eigenvalue weighted by Gasteiger charge is -2.14. The van der Waals surface area contributed by atoms with Crippen LogP contribution in [0.2, 0.25) is 0 Å². The van der Waals surface area contributed by atoms with Crippen LogP contribution in [0.1, 0.15) is 21.5 Å². The van der Waals surface area contributed by atoms with Crippen molar-refractivity contribution in [2.45, 2.75) is 13.5 Å². The molecular weight excluding hydrogens is 430 g/mol. The normalized spacial score (nSPS) is 11.4. The number of aliphatic hydroxyl groups excluding tert-OH is 1. The van der Waals surface area contributed by atoms with Crippen LogP contribution in [0.25, 0.3) is 27.7 Å². The Labute approximate surface area is 196 Å². The number of pyridine rings is 1. The van der Waals surface area contributed by atoms with Gasteiger partial charge in [-0.15, -0.1) is 10.2 Å².